The Hall–Kier alpha value is -1.79. The maximum Gasteiger partial charge on any atom is 0.237 e. The van der Waals surface area contributed by atoms with Crippen LogP contribution in [0, 0.1) is 0 Å². The normalized spacial score (nSPS) is 10.2. The van der Waals surface area contributed by atoms with E-state index in [4.69, 9.17) is 17.3 Å². The van der Waals surface area contributed by atoms with Gasteiger partial charge in [0.2, 0.25) is 11.9 Å². The van der Waals surface area contributed by atoms with Gasteiger partial charge in [-0.05, 0) is 24.3 Å². The summed E-state index contributed by atoms with van der Waals surface area (Å²) in [6.07, 6.45) is 3.12. The Bertz CT molecular complexity index is 579. The van der Waals surface area contributed by atoms with Gasteiger partial charge in [-0.1, -0.05) is 11.6 Å². The number of aromatic nitrogens is 2. The van der Waals surface area contributed by atoms with Crippen molar-refractivity contribution in [2.45, 2.75) is 4.90 Å². The first kappa shape index (κ1) is 13.6. The molecule has 2 rings (SSSR count). The molecule has 0 aliphatic carbocycles. The van der Waals surface area contributed by atoms with E-state index in [1.165, 1.54) is 11.8 Å². The fraction of sp³-hybridized carbons (Fsp3) is 0.0833. The molecule has 0 saturated heterocycles. The molecule has 0 spiro atoms. The van der Waals surface area contributed by atoms with Crippen LogP contribution in [0.3, 0.4) is 0 Å². The number of nitrogens with one attached hydrogen (secondary N) is 1. The van der Waals surface area contributed by atoms with Crippen LogP contribution in [0.5, 0.6) is 0 Å². The highest BCUT2D eigenvalue weighted by atomic mass is 35.5. The van der Waals surface area contributed by atoms with Crippen LogP contribution in [-0.4, -0.2) is 21.6 Å². The molecule has 98 valence electrons. The number of benzene rings is 1. The Morgan fingerprint density at radius 1 is 1.37 bits per heavy atom. The molecule has 7 heteroatoms. The van der Waals surface area contributed by atoms with Crippen LogP contribution < -0.4 is 11.1 Å². The topological polar surface area (TPSA) is 80.9 Å². The van der Waals surface area contributed by atoms with Crippen molar-refractivity contribution in [3.8, 4) is 0 Å². The minimum Gasteiger partial charge on any atom is -0.398 e. The first-order valence-corrected chi connectivity index (χ1v) is 6.76. The summed E-state index contributed by atoms with van der Waals surface area (Å²) in [5, 5.41) is 3.17. The van der Waals surface area contributed by atoms with Gasteiger partial charge >= 0.3 is 0 Å². The highest BCUT2D eigenvalue weighted by Gasteiger charge is 2.07. The lowest BCUT2D eigenvalue weighted by molar-refractivity contribution is -0.113. The maximum atomic E-state index is 11.7. The average molecular weight is 295 g/mol. The summed E-state index contributed by atoms with van der Waals surface area (Å²) >= 11 is 7.13. The highest BCUT2D eigenvalue weighted by Crippen LogP contribution is 2.27. The van der Waals surface area contributed by atoms with Gasteiger partial charge in [0, 0.05) is 28.0 Å². The number of carbonyl (C=O) groups excluding carboxylic acids is 1. The molecule has 0 atom stereocenters. The van der Waals surface area contributed by atoms with E-state index in [0.717, 1.165) is 4.90 Å². The van der Waals surface area contributed by atoms with Crippen molar-refractivity contribution in [3.05, 3.63) is 41.7 Å². The van der Waals surface area contributed by atoms with Gasteiger partial charge in [0.25, 0.3) is 0 Å². The summed E-state index contributed by atoms with van der Waals surface area (Å²) in [5.41, 5.74) is 6.36. The van der Waals surface area contributed by atoms with Crippen LogP contribution in [0.25, 0.3) is 0 Å². The van der Waals surface area contributed by atoms with E-state index in [1.54, 1.807) is 36.7 Å². The number of nitrogens with zero attached hydrogens (tertiary/aromatic N) is 2. The van der Waals surface area contributed by atoms with Gasteiger partial charge in [-0.2, -0.15) is 0 Å². The van der Waals surface area contributed by atoms with E-state index < -0.39 is 0 Å². The Morgan fingerprint density at radius 2 is 2.11 bits per heavy atom. The molecule has 1 amide bonds. The van der Waals surface area contributed by atoms with Gasteiger partial charge in [0.05, 0.1) is 5.75 Å². The van der Waals surface area contributed by atoms with Gasteiger partial charge in [0.1, 0.15) is 0 Å². The standard InChI is InChI=1S/C12H11ClN4OS/c13-8-2-3-10(9(14)6-8)19-7-11(18)17-12-15-4-1-5-16-12/h1-6H,7,14H2,(H,15,16,17,18). The lowest BCUT2D eigenvalue weighted by Crippen LogP contribution is -2.15. The van der Waals surface area contributed by atoms with E-state index in [-0.39, 0.29) is 17.6 Å². The first-order valence-electron chi connectivity index (χ1n) is 5.40. The van der Waals surface area contributed by atoms with E-state index in [1.807, 2.05) is 0 Å². The molecule has 1 heterocycles. The molecule has 3 N–H and O–H groups in total. The minimum absolute atomic E-state index is 0.189. The second-order valence-electron chi connectivity index (χ2n) is 3.59. The van der Waals surface area contributed by atoms with Crippen molar-refractivity contribution in [1.29, 1.82) is 0 Å². The number of hydrogen-bond donors (Lipinski definition) is 2. The molecule has 0 unspecified atom stereocenters. The molecular weight excluding hydrogens is 284 g/mol. The highest BCUT2D eigenvalue weighted by molar-refractivity contribution is 8.00. The SMILES string of the molecule is Nc1cc(Cl)ccc1SCC(=O)Nc1ncccn1. The quantitative estimate of drug-likeness (QED) is 0.669. The number of thioether (sulfide) groups is 1. The fourth-order valence-corrected chi connectivity index (χ4v) is 2.25. The van der Waals surface area contributed by atoms with E-state index in [0.29, 0.717) is 10.7 Å². The van der Waals surface area contributed by atoms with Crippen LogP contribution in [0.4, 0.5) is 11.6 Å². The molecule has 1 aromatic carbocycles. The lowest BCUT2D eigenvalue weighted by atomic mass is 10.3. The summed E-state index contributed by atoms with van der Waals surface area (Å²) in [4.78, 5) is 20.3. The number of rotatable bonds is 4. The summed E-state index contributed by atoms with van der Waals surface area (Å²) in [6, 6.07) is 6.86. The third-order valence-corrected chi connectivity index (χ3v) is 3.47. The van der Waals surface area contributed by atoms with Crippen LogP contribution in [0.15, 0.2) is 41.6 Å². The number of halogens is 1. The molecule has 5 nitrogen and oxygen atoms in total. The minimum atomic E-state index is -0.189. The van der Waals surface area contributed by atoms with Crippen molar-refractivity contribution < 1.29 is 4.79 Å². The van der Waals surface area contributed by atoms with Crippen molar-refractivity contribution in [1.82, 2.24) is 9.97 Å². The summed E-state index contributed by atoms with van der Waals surface area (Å²) in [6.45, 7) is 0. The predicted octanol–water partition coefficient (Wildman–Crippen LogP) is 2.44. The third-order valence-electron chi connectivity index (χ3n) is 2.15. The van der Waals surface area contributed by atoms with Gasteiger partial charge in [-0.3, -0.25) is 10.1 Å². The summed E-state index contributed by atoms with van der Waals surface area (Å²) in [7, 11) is 0. The van der Waals surface area contributed by atoms with Gasteiger partial charge in [-0.25, -0.2) is 9.97 Å². The summed E-state index contributed by atoms with van der Waals surface area (Å²) in [5.74, 6) is 0.326. The van der Waals surface area contributed by atoms with E-state index >= 15 is 0 Å². The van der Waals surface area contributed by atoms with Gasteiger partial charge in [-0.15, -0.1) is 11.8 Å². The molecule has 0 fully saturated rings. The smallest absolute Gasteiger partial charge is 0.237 e. The van der Waals surface area contributed by atoms with Gasteiger partial charge in [0.15, 0.2) is 0 Å². The van der Waals surface area contributed by atoms with Crippen LogP contribution in [-0.2, 0) is 4.79 Å². The monoisotopic (exact) mass is 294 g/mol. The van der Waals surface area contributed by atoms with Crippen molar-refractivity contribution in [2.24, 2.45) is 0 Å². The zero-order valence-corrected chi connectivity index (χ0v) is 11.4. The number of carbonyl (C=O) groups is 1. The second-order valence-corrected chi connectivity index (χ2v) is 5.05. The molecule has 0 saturated carbocycles. The van der Waals surface area contributed by atoms with Crippen LogP contribution in [0.1, 0.15) is 0 Å². The summed E-state index contributed by atoms with van der Waals surface area (Å²) < 4.78 is 0. The molecule has 0 bridgehead atoms. The number of nitrogens with two attached hydrogens (primary N) is 1. The first-order chi connectivity index (χ1) is 9.15. The second kappa shape index (κ2) is 6.40. The number of nitrogen functional groups attached to an aromatic ring is 1. The molecular formula is C12H11ClN4OS. The Balaban J connectivity index is 1.90. The zero-order valence-electron chi connectivity index (χ0n) is 9.84. The van der Waals surface area contributed by atoms with Crippen molar-refractivity contribution in [2.75, 3.05) is 16.8 Å². The average Bonchev–Trinajstić information content (AvgIpc) is 2.39. The van der Waals surface area contributed by atoms with Gasteiger partial charge < -0.3 is 5.73 Å². The molecule has 0 aliphatic heterocycles. The lowest BCUT2D eigenvalue weighted by Gasteiger charge is -2.06. The number of hydrogen-bond acceptors (Lipinski definition) is 5. The predicted molar refractivity (Wildman–Crippen MR) is 77.3 cm³/mol. The molecule has 0 radical (unpaired) electrons. The van der Waals surface area contributed by atoms with E-state index in [2.05, 4.69) is 15.3 Å². The van der Waals surface area contributed by atoms with Crippen molar-refractivity contribution in [3.63, 3.8) is 0 Å². The number of amides is 1. The molecule has 1 aromatic heterocycles. The maximum absolute atomic E-state index is 11.7. The molecule has 0 aliphatic rings. The zero-order chi connectivity index (χ0) is 13.7. The van der Waals surface area contributed by atoms with Crippen LogP contribution in [0.2, 0.25) is 5.02 Å². The Morgan fingerprint density at radius 3 is 2.79 bits per heavy atom. The Labute approximate surface area is 119 Å². The van der Waals surface area contributed by atoms with Crippen LogP contribution >= 0.6 is 23.4 Å². The molecule has 2 aromatic rings. The number of anilines is 2. The Kier molecular flexibility index (Phi) is 4.59. The van der Waals surface area contributed by atoms with Crippen molar-refractivity contribution >= 4 is 40.9 Å². The van der Waals surface area contributed by atoms with E-state index in [9.17, 15) is 4.79 Å². The largest absolute Gasteiger partial charge is 0.398 e. The third kappa shape index (κ3) is 4.11. The molecule has 19 heavy (non-hydrogen) atoms. The fourth-order valence-electron chi connectivity index (χ4n) is 1.32.